The van der Waals surface area contributed by atoms with Crippen LogP contribution in [0.4, 0.5) is 18.6 Å². The number of fused-ring (bicyclic) bond motifs is 1. The van der Waals surface area contributed by atoms with E-state index in [1.165, 1.54) is 6.07 Å². The number of carbonyl (C=O) groups excluding carboxylic acids is 1. The van der Waals surface area contributed by atoms with Crippen LogP contribution >= 0.6 is 0 Å². The molecule has 0 radical (unpaired) electrons. The fourth-order valence-electron chi connectivity index (χ4n) is 1.44. The zero-order valence-electron chi connectivity index (χ0n) is 8.06. The van der Waals surface area contributed by atoms with Gasteiger partial charge in [-0.15, -0.1) is 5.46 Å². The fraction of sp³-hybridized carbons (Fsp3) is 0.125. The van der Waals surface area contributed by atoms with Crippen molar-refractivity contribution in [3.63, 3.8) is 0 Å². The molecule has 0 saturated carbocycles. The molecule has 7 heteroatoms. The van der Waals surface area contributed by atoms with Crippen LogP contribution in [0.2, 0.25) is 0 Å². The molecule has 1 heterocycles. The number of benzene rings is 1. The molecule has 1 aliphatic heterocycles. The maximum atomic E-state index is 12.3. The second-order valence-electron chi connectivity index (χ2n) is 3.22. The minimum atomic E-state index is -4.98. The topological polar surface area (TPSA) is 29.1 Å². The van der Waals surface area contributed by atoms with Crippen LogP contribution in [0.5, 0.6) is 0 Å². The summed E-state index contributed by atoms with van der Waals surface area (Å²) in [4.78, 5) is 10.9. The number of nitrogens with one attached hydrogen (secondary N) is 1. The Morgan fingerprint density at radius 1 is 1.27 bits per heavy atom. The molecule has 0 saturated heterocycles. The van der Waals surface area contributed by atoms with Crippen molar-refractivity contribution in [3.05, 3.63) is 23.8 Å². The van der Waals surface area contributed by atoms with Gasteiger partial charge in [0.15, 0.2) is 0 Å². The molecule has 1 amide bonds. The average molecular weight is 239 g/mol. The molecular formula is C8H6BF3KNO. The molecule has 0 unspecified atom stereocenters. The molecule has 2 nitrogen and oxygen atoms in total. The fourth-order valence-corrected chi connectivity index (χ4v) is 1.44. The van der Waals surface area contributed by atoms with E-state index in [1.807, 2.05) is 0 Å². The summed E-state index contributed by atoms with van der Waals surface area (Å²) < 4.78 is 36.9. The summed E-state index contributed by atoms with van der Waals surface area (Å²) in [5, 5.41) is 2.38. The third kappa shape index (κ3) is 2.85. The molecule has 0 spiro atoms. The maximum absolute atomic E-state index is 12.3. The van der Waals surface area contributed by atoms with Crippen molar-refractivity contribution in [2.24, 2.45) is 0 Å². The standard InChI is InChI=1S/C8H6BF3NO.K/c10-9(11,12)6-2-1-5-3-8(14)13-7(5)4-6;/h1-2,4H,3H2,(H,13,14);/q-1;+1. The van der Waals surface area contributed by atoms with Crippen LogP contribution in [0.15, 0.2) is 18.2 Å². The van der Waals surface area contributed by atoms with Gasteiger partial charge in [0.25, 0.3) is 0 Å². The summed E-state index contributed by atoms with van der Waals surface area (Å²) in [5.74, 6) is -0.258. The largest absolute Gasteiger partial charge is 1.00 e. The number of carbonyl (C=O) groups is 1. The molecule has 1 aliphatic rings. The van der Waals surface area contributed by atoms with Crippen LogP contribution < -0.4 is 62.2 Å². The summed E-state index contributed by atoms with van der Waals surface area (Å²) in [6.07, 6.45) is 0.167. The Balaban J connectivity index is 0.00000112. The van der Waals surface area contributed by atoms with Crippen LogP contribution in [0.3, 0.4) is 0 Å². The third-order valence-electron chi connectivity index (χ3n) is 2.14. The van der Waals surface area contributed by atoms with Crippen molar-refractivity contribution in [1.82, 2.24) is 0 Å². The Kier molecular flexibility index (Phi) is 4.05. The van der Waals surface area contributed by atoms with E-state index in [9.17, 15) is 17.7 Å². The van der Waals surface area contributed by atoms with Gasteiger partial charge in [-0.25, -0.2) is 0 Å². The number of amides is 1. The summed E-state index contributed by atoms with van der Waals surface area (Å²) in [6.45, 7) is -4.98. The zero-order chi connectivity index (χ0) is 10.3. The first kappa shape index (κ1) is 13.2. The Labute approximate surface area is 127 Å². The molecule has 0 atom stereocenters. The molecule has 15 heavy (non-hydrogen) atoms. The van der Waals surface area contributed by atoms with Crippen molar-refractivity contribution in [2.75, 3.05) is 5.32 Å². The molecule has 74 valence electrons. The van der Waals surface area contributed by atoms with Crippen molar-refractivity contribution in [2.45, 2.75) is 6.42 Å². The van der Waals surface area contributed by atoms with E-state index in [0.29, 0.717) is 5.56 Å². The molecule has 1 N–H and O–H groups in total. The summed E-state index contributed by atoms with van der Waals surface area (Å²) in [7, 11) is 0. The van der Waals surface area contributed by atoms with Crippen LogP contribution in [0.25, 0.3) is 0 Å². The monoisotopic (exact) mass is 239 g/mol. The molecule has 1 aromatic rings. The number of hydrogen-bond acceptors (Lipinski definition) is 1. The SMILES string of the molecule is O=C1Cc2ccc([B-](F)(F)F)cc2N1.[K+]. The van der Waals surface area contributed by atoms with Gasteiger partial charge in [-0.3, -0.25) is 4.79 Å². The molecule has 0 bridgehead atoms. The summed E-state index contributed by atoms with van der Waals surface area (Å²) in [6, 6.07) is 3.34. The van der Waals surface area contributed by atoms with E-state index >= 15 is 0 Å². The second kappa shape index (κ2) is 4.59. The van der Waals surface area contributed by atoms with Gasteiger partial charge in [0.2, 0.25) is 5.91 Å². The molecule has 0 aromatic heterocycles. The average Bonchev–Trinajstić information content (AvgIpc) is 2.41. The predicted molar refractivity (Wildman–Crippen MR) is 47.5 cm³/mol. The van der Waals surface area contributed by atoms with E-state index in [2.05, 4.69) is 5.32 Å². The van der Waals surface area contributed by atoms with E-state index in [0.717, 1.165) is 12.1 Å². The van der Waals surface area contributed by atoms with Gasteiger partial charge in [0.05, 0.1) is 6.42 Å². The Hall–Kier alpha value is 0.181. The van der Waals surface area contributed by atoms with Gasteiger partial charge in [0.1, 0.15) is 0 Å². The Morgan fingerprint density at radius 3 is 2.53 bits per heavy atom. The van der Waals surface area contributed by atoms with Gasteiger partial charge in [-0.1, -0.05) is 18.2 Å². The van der Waals surface area contributed by atoms with E-state index < -0.39 is 12.4 Å². The first-order valence-electron chi connectivity index (χ1n) is 4.09. The van der Waals surface area contributed by atoms with Crippen LogP contribution in [-0.2, 0) is 11.2 Å². The predicted octanol–water partition coefficient (Wildman–Crippen LogP) is -1.76. The van der Waals surface area contributed by atoms with Crippen molar-refractivity contribution < 1.29 is 69.1 Å². The smallest absolute Gasteiger partial charge is 0.445 e. The normalized spacial score (nSPS) is 14.2. The van der Waals surface area contributed by atoms with Gasteiger partial charge < -0.3 is 18.3 Å². The first-order valence-corrected chi connectivity index (χ1v) is 4.09. The van der Waals surface area contributed by atoms with Crippen LogP contribution in [0.1, 0.15) is 5.56 Å². The molecule has 0 aliphatic carbocycles. The summed E-state index contributed by atoms with van der Waals surface area (Å²) >= 11 is 0. The molecule has 0 fully saturated rings. The van der Waals surface area contributed by atoms with E-state index in [4.69, 9.17) is 0 Å². The summed E-state index contributed by atoms with van der Waals surface area (Å²) in [5.41, 5.74) is 0.233. The maximum Gasteiger partial charge on any atom is 1.00 e. The molecule has 2 rings (SSSR count). The number of anilines is 1. The number of hydrogen-bond donors (Lipinski definition) is 1. The first-order chi connectivity index (χ1) is 6.47. The van der Waals surface area contributed by atoms with E-state index in [1.54, 1.807) is 0 Å². The minimum absolute atomic E-state index is 0. The van der Waals surface area contributed by atoms with Crippen molar-refractivity contribution >= 4 is 24.0 Å². The van der Waals surface area contributed by atoms with Crippen molar-refractivity contribution in [3.8, 4) is 0 Å². The number of rotatable bonds is 1. The Morgan fingerprint density at radius 2 is 1.93 bits per heavy atom. The molecular weight excluding hydrogens is 233 g/mol. The third-order valence-corrected chi connectivity index (χ3v) is 2.14. The van der Waals surface area contributed by atoms with Crippen molar-refractivity contribution in [1.29, 1.82) is 0 Å². The minimum Gasteiger partial charge on any atom is -0.445 e. The quantitative estimate of drug-likeness (QED) is 0.578. The van der Waals surface area contributed by atoms with Crippen LogP contribution in [-0.4, -0.2) is 12.9 Å². The van der Waals surface area contributed by atoms with E-state index in [-0.39, 0.29) is 69.4 Å². The van der Waals surface area contributed by atoms with Gasteiger partial charge >= 0.3 is 58.4 Å². The van der Waals surface area contributed by atoms with Gasteiger partial charge in [0, 0.05) is 5.69 Å². The zero-order valence-corrected chi connectivity index (χ0v) is 11.2. The van der Waals surface area contributed by atoms with Gasteiger partial charge in [-0.05, 0) is 5.56 Å². The van der Waals surface area contributed by atoms with Crippen LogP contribution in [0, 0.1) is 0 Å². The second-order valence-corrected chi connectivity index (χ2v) is 3.22. The Bertz CT molecular complexity index is 407. The molecule has 1 aromatic carbocycles. The van der Waals surface area contributed by atoms with Gasteiger partial charge in [-0.2, -0.15) is 0 Å². The number of halogens is 3.